The van der Waals surface area contributed by atoms with E-state index in [9.17, 15) is 18.3 Å². The molecule has 1 heterocycles. The zero-order chi connectivity index (χ0) is 21.5. The molecule has 9 heteroatoms. The monoisotopic (exact) mass is 433 g/mol. The van der Waals surface area contributed by atoms with Gasteiger partial charge < -0.3 is 19.7 Å². The van der Waals surface area contributed by atoms with E-state index in [-0.39, 0.29) is 18.1 Å². The highest BCUT2D eigenvalue weighted by Gasteiger charge is 2.53. The quantitative estimate of drug-likeness (QED) is 0.682. The van der Waals surface area contributed by atoms with Gasteiger partial charge in [-0.3, -0.25) is 0 Å². The molecular weight excluding hydrogens is 410 g/mol. The highest BCUT2D eigenvalue weighted by Crippen LogP contribution is 2.52. The van der Waals surface area contributed by atoms with Crippen LogP contribution in [-0.4, -0.2) is 60.8 Å². The fourth-order valence-electron chi connectivity index (χ4n) is 4.36. The first-order valence-electron chi connectivity index (χ1n) is 9.60. The van der Waals surface area contributed by atoms with E-state index in [1.165, 1.54) is 11.4 Å². The number of aliphatic hydroxyl groups is 1. The van der Waals surface area contributed by atoms with Gasteiger partial charge in [0.05, 0.1) is 17.9 Å². The number of rotatable bonds is 7. The molecule has 1 aliphatic carbocycles. The summed E-state index contributed by atoms with van der Waals surface area (Å²) in [6, 6.07) is 13.3. The molecule has 0 amide bonds. The fourth-order valence-corrected chi connectivity index (χ4v) is 5.82. The second-order valence-electron chi connectivity index (χ2n) is 7.59. The number of aliphatic carboxylic acids is 1. The Kier molecular flexibility index (Phi) is 5.44. The minimum Gasteiger partial charge on any atom is -0.485 e. The summed E-state index contributed by atoms with van der Waals surface area (Å²) >= 11 is 0. The second kappa shape index (κ2) is 7.90. The lowest BCUT2D eigenvalue weighted by Gasteiger charge is -2.30. The van der Waals surface area contributed by atoms with Gasteiger partial charge in [0.25, 0.3) is 0 Å². The molecule has 1 fully saturated rings. The Morgan fingerprint density at radius 1 is 1.20 bits per heavy atom. The van der Waals surface area contributed by atoms with E-state index in [1.807, 2.05) is 6.07 Å². The van der Waals surface area contributed by atoms with E-state index < -0.39 is 40.8 Å². The van der Waals surface area contributed by atoms with Crippen LogP contribution in [-0.2, 0) is 20.6 Å². The van der Waals surface area contributed by atoms with Crippen LogP contribution < -0.4 is 9.47 Å². The SMILES string of the molecule is CN(C1C(O)CC2Oc3c(OCC(=O)O)cccc3C21)S(=O)(=O)Cc1ccccc1. The predicted molar refractivity (Wildman–Crippen MR) is 108 cm³/mol. The Bertz CT molecular complexity index is 1040. The molecule has 2 N–H and O–H groups in total. The van der Waals surface area contributed by atoms with Crippen molar-refractivity contribution in [3.05, 3.63) is 59.7 Å². The van der Waals surface area contributed by atoms with E-state index in [0.717, 1.165) is 0 Å². The average molecular weight is 433 g/mol. The molecule has 2 aromatic carbocycles. The summed E-state index contributed by atoms with van der Waals surface area (Å²) in [5, 5.41) is 19.5. The highest BCUT2D eigenvalue weighted by atomic mass is 32.2. The van der Waals surface area contributed by atoms with Crippen LogP contribution in [0.4, 0.5) is 0 Å². The number of carbonyl (C=O) groups is 1. The fraction of sp³-hybridized carbons (Fsp3) is 0.381. The zero-order valence-electron chi connectivity index (χ0n) is 16.3. The van der Waals surface area contributed by atoms with Crippen LogP contribution in [0.15, 0.2) is 48.5 Å². The Morgan fingerprint density at radius 2 is 1.93 bits per heavy atom. The minimum absolute atomic E-state index is 0.166. The van der Waals surface area contributed by atoms with Crippen molar-refractivity contribution in [2.24, 2.45) is 0 Å². The molecule has 0 bridgehead atoms. The molecular formula is C21H23NO7S. The summed E-state index contributed by atoms with van der Waals surface area (Å²) in [6.45, 7) is -0.507. The maximum Gasteiger partial charge on any atom is 0.341 e. The lowest BCUT2D eigenvalue weighted by molar-refractivity contribution is -0.139. The van der Waals surface area contributed by atoms with Gasteiger partial charge in [-0.2, -0.15) is 4.31 Å². The number of hydrogen-bond donors (Lipinski definition) is 2. The van der Waals surface area contributed by atoms with Crippen molar-refractivity contribution in [2.75, 3.05) is 13.7 Å². The Balaban J connectivity index is 1.62. The molecule has 2 aliphatic rings. The van der Waals surface area contributed by atoms with Gasteiger partial charge in [0, 0.05) is 24.9 Å². The number of ether oxygens (including phenoxy) is 2. The summed E-state index contributed by atoms with van der Waals surface area (Å²) in [6.07, 6.45) is -1.02. The molecule has 1 saturated carbocycles. The van der Waals surface area contributed by atoms with Crippen LogP contribution in [0.2, 0.25) is 0 Å². The normalized spacial score (nSPS) is 24.9. The molecule has 0 aromatic heterocycles. The van der Waals surface area contributed by atoms with Crippen molar-refractivity contribution in [2.45, 2.75) is 36.3 Å². The molecule has 30 heavy (non-hydrogen) atoms. The third kappa shape index (κ3) is 3.76. The second-order valence-corrected chi connectivity index (χ2v) is 9.62. The molecule has 2 aromatic rings. The van der Waals surface area contributed by atoms with E-state index in [2.05, 4.69) is 0 Å². The summed E-state index contributed by atoms with van der Waals surface area (Å²) in [5.74, 6) is -0.933. The number of sulfonamides is 1. The lowest BCUT2D eigenvalue weighted by Crippen LogP contribution is -2.45. The van der Waals surface area contributed by atoms with Gasteiger partial charge in [0.2, 0.25) is 10.0 Å². The smallest absolute Gasteiger partial charge is 0.341 e. The molecule has 8 nitrogen and oxygen atoms in total. The van der Waals surface area contributed by atoms with Crippen molar-refractivity contribution < 1.29 is 32.9 Å². The molecule has 1 aliphatic heterocycles. The molecule has 160 valence electrons. The maximum absolute atomic E-state index is 13.1. The van der Waals surface area contributed by atoms with Gasteiger partial charge in [-0.15, -0.1) is 0 Å². The largest absolute Gasteiger partial charge is 0.485 e. The molecule has 4 unspecified atom stereocenters. The highest BCUT2D eigenvalue weighted by molar-refractivity contribution is 7.88. The van der Waals surface area contributed by atoms with Crippen LogP contribution in [0.1, 0.15) is 23.5 Å². The number of aliphatic hydroxyl groups excluding tert-OH is 1. The van der Waals surface area contributed by atoms with Crippen LogP contribution in [0.3, 0.4) is 0 Å². The standard InChI is InChI=1S/C21H23NO7S/c1-22(30(26,27)12-13-6-3-2-4-7-13)20-15(23)10-17-19(20)14-8-5-9-16(21(14)29-17)28-11-18(24)25/h2-9,15,17,19-20,23H,10-12H2,1H3,(H,24,25). The molecule has 0 saturated heterocycles. The first-order chi connectivity index (χ1) is 14.3. The average Bonchev–Trinajstić information content (AvgIpc) is 3.20. The Labute approximate surface area is 174 Å². The topological polar surface area (TPSA) is 113 Å². The first kappa shape index (κ1) is 20.6. The Hall–Kier alpha value is -2.62. The number of nitrogens with zero attached hydrogens (tertiary/aromatic N) is 1. The summed E-state index contributed by atoms with van der Waals surface area (Å²) in [4.78, 5) is 10.8. The number of para-hydroxylation sites is 1. The predicted octanol–water partition coefficient (Wildman–Crippen LogP) is 1.59. The van der Waals surface area contributed by atoms with Gasteiger partial charge in [-0.25, -0.2) is 13.2 Å². The van der Waals surface area contributed by atoms with Crippen LogP contribution >= 0.6 is 0 Å². The van der Waals surface area contributed by atoms with Gasteiger partial charge in [-0.1, -0.05) is 42.5 Å². The lowest BCUT2D eigenvalue weighted by atomic mass is 9.93. The van der Waals surface area contributed by atoms with Crippen LogP contribution in [0.25, 0.3) is 0 Å². The molecule has 0 spiro atoms. The van der Waals surface area contributed by atoms with Gasteiger partial charge in [0.1, 0.15) is 6.10 Å². The third-order valence-electron chi connectivity index (χ3n) is 5.68. The summed E-state index contributed by atoms with van der Waals surface area (Å²) in [7, 11) is -2.21. The number of carboxylic acids is 1. The minimum atomic E-state index is -3.69. The number of likely N-dealkylation sites (N-methyl/N-ethyl adjacent to an activating group) is 1. The number of fused-ring (bicyclic) bond motifs is 3. The molecule has 4 atom stereocenters. The number of hydrogen-bond acceptors (Lipinski definition) is 6. The third-order valence-corrected chi connectivity index (χ3v) is 7.49. The van der Waals surface area contributed by atoms with Crippen molar-refractivity contribution in [1.29, 1.82) is 0 Å². The van der Waals surface area contributed by atoms with Gasteiger partial charge >= 0.3 is 5.97 Å². The van der Waals surface area contributed by atoms with Crippen molar-refractivity contribution in [1.82, 2.24) is 4.31 Å². The summed E-state index contributed by atoms with van der Waals surface area (Å²) < 4.78 is 38.7. The van der Waals surface area contributed by atoms with Crippen molar-refractivity contribution in [3.63, 3.8) is 0 Å². The van der Waals surface area contributed by atoms with Gasteiger partial charge in [0.15, 0.2) is 18.1 Å². The van der Waals surface area contributed by atoms with Gasteiger partial charge in [-0.05, 0) is 11.6 Å². The van der Waals surface area contributed by atoms with E-state index in [4.69, 9.17) is 14.6 Å². The first-order valence-corrected chi connectivity index (χ1v) is 11.2. The maximum atomic E-state index is 13.1. The number of benzene rings is 2. The van der Waals surface area contributed by atoms with E-state index in [0.29, 0.717) is 22.6 Å². The zero-order valence-corrected chi connectivity index (χ0v) is 17.2. The molecule has 0 radical (unpaired) electrons. The van der Waals surface area contributed by atoms with Crippen LogP contribution in [0, 0.1) is 0 Å². The van der Waals surface area contributed by atoms with Crippen molar-refractivity contribution in [3.8, 4) is 11.5 Å². The summed E-state index contributed by atoms with van der Waals surface area (Å²) in [5.41, 5.74) is 1.38. The number of carboxylic acid groups (broad SMARTS) is 1. The Morgan fingerprint density at radius 3 is 2.63 bits per heavy atom. The van der Waals surface area contributed by atoms with E-state index >= 15 is 0 Å². The van der Waals surface area contributed by atoms with Crippen molar-refractivity contribution >= 4 is 16.0 Å². The van der Waals surface area contributed by atoms with Crippen LogP contribution in [0.5, 0.6) is 11.5 Å². The molecule has 4 rings (SSSR count). The van der Waals surface area contributed by atoms with E-state index in [1.54, 1.807) is 42.5 Å².